The van der Waals surface area contributed by atoms with Crippen molar-refractivity contribution in [2.75, 3.05) is 37.8 Å². The van der Waals surface area contributed by atoms with Crippen LogP contribution in [0.4, 0.5) is 17.2 Å². The molecule has 1 aliphatic heterocycles. The first-order valence-electron chi connectivity index (χ1n) is 13.2. The predicted molar refractivity (Wildman–Crippen MR) is 131 cm³/mol. The standard InChI is InChI=1S/C24H28N8O4/c1-25-23(34)20-17(12-18(29-30-20)27-22(33)14-8-9-14)26-16-7-5-6-15(21(16)35-2)24-28-19(31-36-24)13-32-10-3-4-11-32/h5-7,12,14H,3-4,8-11,13H2,1-2H3,(H,25,34)(H2,26,27,29,33)/i1D3. The van der Waals surface area contributed by atoms with Crippen molar-refractivity contribution in [1.82, 2.24) is 30.6 Å². The molecule has 0 unspecified atom stereocenters. The summed E-state index contributed by atoms with van der Waals surface area (Å²) in [5, 5.41) is 19.6. The first-order valence-corrected chi connectivity index (χ1v) is 11.7. The molecule has 3 heterocycles. The van der Waals surface area contributed by atoms with Crippen LogP contribution in [0.3, 0.4) is 0 Å². The fourth-order valence-electron chi connectivity index (χ4n) is 4.09. The normalized spacial score (nSPS) is 17.1. The van der Waals surface area contributed by atoms with Gasteiger partial charge in [0.15, 0.2) is 23.1 Å². The number of carbonyl (C=O) groups excluding carboxylic acids is 2. The number of rotatable bonds is 9. The fourth-order valence-corrected chi connectivity index (χ4v) is 4.09. The number of anilines is 3. The largest absolute Gasteiger partial charge is 0.494 e. The summed E-state index contributed by atoms with van der Waals surface area (Å²) in [4.78, 5) is 31.8. The lowest BCUT2D eigenvalue weighted by Gasteiger charge is -2.16. The van der Waals surface area contributed by atoms with Crippen LogP contribution in [0.25, 0.3) is 11.5 Å². The van der Waals surface area contributed by atoms with Gasteiger partial charge in [-0.1, -0.05) is 11.2 Å². The van der Waals surface area contributed by atoms with E-state index in [4.69, 9.17) is 13.4 Å². The second kappa shape index (κ2) is 10.3. The highest BCUT2D eigenvalue weighted by Crippen LogP contribution is 2.38. The van der Waals surface area contributed by atoms with E-state index in [-0.39, 0.29) is 34.9 Å². The molecular weight excluding hydrogens is 464 g/mol. The number of para-hydroxylation sites is 1. The molecule has 2 aromatic heterocycles. The molecule has 5 rings (SSSR count). The second-order valence-corrected chi connectivity index (χ2v) is 8.72. The molecule has 1 saturated carbocycles. The van der Waals surface area contributed by atoms with Crippen molar-refractivity contribution in [2.24, 2.45) is 5.92 Å². The van der Waals surface area contributed by atoms with Crippen molar-refractivity contribution < 1.29 is 23.0 Å². The highest BCUT2D eigenvalue weighted by molar-refractivity contribution is 6.00. The molecule has 2 amide bonds. The number of ether oxygens (including phenoxy) is 1. The molecule has 2 aliphatic rings. The SMILES string of the molecule is [2H]C([2H])([2H])NC(=O)c1nnc(NC(=O)C2CC2)cc1Nc1cccc(-c2nc(CN3CCCC3)no2)c1OC. The van der Waals surface area contributed by atoms with Gasteiger partial charge < -0.3 is 25.2 Å². The maximum atomic E-state index is 12.7. The van der Waals surface area contributed by atoms with E-state index in [1.54, 1.807) is 18.2 Å². The smallest absolute Gasteiger partial charge is 0.273 e. The molecule has 2 fully saturated rings. The van der Waals surface area contributed by atoms with Gasteiger partial charge in [0, 0.05) is 23.1 Å². The van der Waals surface area contributed by atoms with Gasteiger partial charge in [0.2, 0.25) is 5.91 Å². The third kappa shape index (κ3) is 5.13. The number of aromatic nitrogens is 4. The Hall–Kier alpha value is -4.06. The van der Waals surface area contributed by atoms with Gasteiger partial charge >= 0.3 is 0 Å². The summed E-state index contributed by atoms with van der Waals surface area (Å²) < 4.78 is 33.3. The lowest BCUT2D eigenvalue weighted by Crippen LogP contribution is -2.22. The summed E-state index contributed by atoms with van der Waals surface area (Å²) in [5.41, 5.74) is 0.743. The molecule has 188 valence electrons. The summed E-state index contributed by atoms with van der Waals surface area (Å²) in [5.74, 6) is 0.0260. The van der Waals surface area contributed by atoms with E-state index in [1.807, 2.05) is 5.32 Å². The van der Waals surface area contributed by atoms with Gasteiger partial charge in [-0.2, -0.15) is 4.98 Å². The Balaban J connectivity index is 1.45. The first kappa shape index (κ1) is 20.2. The van der Waals surface area contributed by atoms with Crippen LogP contribution in [-0.4, -0.2) is 64.2 Å². The molecule has 3 aromatic rings. The minimum Gasteiger partial charge on any atom is -0.494 e. The molecule has 3 N–H and O–H groups in total. The molecule has 12 heteroatoms. The lowest BCUT2D eigenvalue weighted by molar-refractivity contribution is -0.117. The number of benzene rings is 1. The summed E-state index contributed by atoms with van der Waals surface area (Å²) in [7, 11) is 1.47. The van der Waals surface area contributed by atoms with Crippen molar-refractivity contribution in [3.8, 4) is 17.2 Å². The van der Waals surface area contributed by atoms with E-state index in [2.05, 4.69) is 35.9 Å². The van der Waals surface area contributed by atoms with Gasteiger partial charge in [0.1, 0.15) is 0 Å². The summed E-state index contributed by atoms with van der Waals surface area (Å²) >= 11 is 0. The van der Waals surface area contributed by atoms with E-state index in [9.17, 15) is 9.59 Å². The Labute approximate surface area is 212 Å². The van der Waals surface area contributed by atoms with Gasteiger partial charge in [0.05, 0.1) is 30.6 Å². The number of nitrogens with zero attached hydrogens (tertiary/aromatic N) is 5. The highest BCUT2D eigenvalue weighted by atomic mass is 16.5. The van der Waals surface area contributed by atoms with Gasteiger partial charge in [-0.25, -0.2) is 0 Å². The highest BCUT2D eigenvalue weighted by Gasteiger charge is 2.30. The Morgan fingerprint density at radius 3 is 2.81 bits per heavy atom. The molecule has 36 heavy (non-hydrogen) atoms. The van der Waals surface area contributed by atoms with Crippen LogP contribution in [0.2, 0.25) is 0 Å². The van der Waals surface area contributed by atoms with Crippen molar-refractivity contribution in [3.63, 3.8) is 0 Å². The number of likely N-dealkylation sites (tertiary alicyclic amines) is 1. The molecule has 0 bridgehead atoms. The minimum absolute atomic E-state index is 0.0803. The maximum absolute atomic E-state index is 12.7. The summed E-state index contributed by atoms with van der Waals surface area (Å²) in [6.45, 7) is -0.165. The molecule has 0 spiro atoms. The summed E-state index contributed by atoms with van der Waals surface area (Å²) in [6, 6.07) is 6.59. The van der Waals surface area contributed by atoms with E-state index in [1.165, 1.54) is 13.2 Å². The number of amides is 2. The third-order valence-corrected chi connectivity index (χ3v) is 6.07. The quantitative estimate of drug-likeness (QED) is 0.404. The third-order valence-electron chi connectivity index (χ3n) is 6.07. The average molecular weight is 496 g/mol. The number of methoxy groups -OCH3 is 1. The maximum Gasteiger partial charge on any atom is 0.273 e. The van der Waals surface area contributed by atoms with Gasteiger partial charge in [-0.15, -0.1) is 10.2 Å². The van der Waals surface area contributed by atoms with E-state index in [0.29, 0.717) is 29.4 Å². The van der Waals surface area contributed by atoms with E-state index in [0.717, 1.165) is 38.8 Å². The zero-order chi connectivity index (χ0) is 27.6. The number of hydrogen-bond acceptors (Lipinski definition) is 10. The van der Waals surface area contributed by atoms with Crippen LogP contribution in [0.15, 0.2) is 28.8 Å². The Bertz CT molecular complexity index is 1370. The van der Waals surface area contributed by atoms with Gasteiger partial charge in [-0.05, 0) is 50.9 Å². The molecule has 12 nitrogen and oxygen atoms in total. The van der Waals surface area contributed by atoms with Gasteiger partial charge in [0.25, 0.3) is 11.8 Å². The molecule has 0 atom stereocenters. The molecule has 1 saturated heterocycles. The predicted octanol–water partition coefficient (Wildman–Crippen LogP) is 2.58. The van der Waals surface area contributed by atoms with Crippen LogP contribution < -0.4 is 20.7 Å². The van der Waals surface area contributed by atoms with Crippen LogP contribution >= 0.6 is 0 Å². The van der Waals surface area contributed by atoms with Crippen LogP contribution in [-0.2, 0) is 11.3 Å². The molecule has 0 radical (unpaired) electrons. The van der Waals surface area contributed by atoms with Crippen molar-refractivity contribution in [1.29, 1.82) is 0 Å². The van der Waals surface area contributed by atoms with Crippen molar-refractivity contribution >= 4 is 29.0 Å². The fraction of sp³-hybridized carbons (Fsp3) is 0.417. The van der Waals surface area contributed by atoms with Crippen molar-refractivity contribution in [2.45, 2.75) is 32.2 Å². The average Bonchev–Trinajstić information content (AvgIpc) is 3.43. The van der Waals surface area contributed by atoms with Crippen molar-refractivity contribution in [3.05, 3.63) is 35.8 Å². The minimum atomic E-state index is -2.74. The van der Waals surface area contributed by atoms with Crippen LogP contribution in [0, 0.1) is 5.92 Å². The molecule has 1 aromatic carbocycles. The number of carbonyl (C=O) groups is 2. The topological polar surface area (TPSA) is 147 Å². The lowest BCUT2D eigenvalue weighted by atomic mass is 10.1. The molecule has 1 aliphatic carbocycles. The monoisotopic (exact) mass is 495 g/mol. The van der Waals surface area contributed by atoms with Crippen LogP contribution in [0.5, 0.6) is 5.75 Å². The van der Waals surface area contributed by atoms with Gasteiger partial charge in [-0.3, -0.25) is 14.5 Å². The first-order chi connectivity index (χ1) is 18.7. The van der Waals surface area contributed by atoms with Crippen LogP contribution in [0.1, 0.15) is 46.1 Å². The number of nitrogens with one attached hydrogen (secondary N) is 3. The van der Waals surface area contributed by atoms with E-state index < -0.39 is 12.9 Å². The zero-order valence-electron chi connectivity index (χ0n) is 22.7. The number of hydrogen-bond donors (Lipinski definition) is 3. The summed E-state index contributed by atoms with van der Waals surface area (Å²) in [6.07, 6.45) is 3.88. The molecular formula is C24H28N8O4. The second-order valence-electron chi connectivity index (χ2n) is 8.72. The Morgan fingerprint density at radius 2 is 2.06 bits per heavy atom. The zero-order valence-corrected chi connectivity index (χ0v) is 19.7. The van der Waals surface area contributed by atoms with E-state index >= 15 is 0 Å². The Kier molecular flexibility index (Phi) is 5.76. The Morgan fingerprint density at radius 1 is 1.22 bits per heavy atom.